The van der Waals surface area contributed by atoms with Gasteiger partial charge in [-0.05, 0) is 54.4 Å². The Labute approximate surface area is 133 Å². The smallest absolute Gasteiger partial charge is 0.410 e. The number of ether oxygens (including phenoxy) is 2. The van der Waals surface area contributed by atoms with E-state index in [1.54, 1.807) is 16.8 Å². The molecule has 0 aromatic rings. The second-order valence-corrected chi connectivity index (χ2v) is 7.81. The molecule has 0 radical (unpaired) electrons. The van der Waals surface area contributed by atoms with Gasteiger partial charge in [0.05, 0.1) is 6.04 Å². The molecule has 0 aromatic carbocycles. The Morgan fingerprint density at radius 2 is 1.59 bits per heavy atom. The molecular formula is C16H30N2O4. The SMILES string of the molecule is CN(C(=O)OC(C)(C)C)[C@@H]1CCCN(C(=O)OC(C)(C)C)C1. The number of amides is 2. The molecule has 0 aliphatic carbocycles. The first-order valence-corrected chi connectivity index (χ1v) is 7.83. The lowest BCUT2D eigenvalue weighted by atomic mass is 10.1. The maximum Gasteiger partial charge on any atom is 0.410 e. The Hall–Kier alpha value is -1.46. The van der Waals surface area contributed by atoms with Crippen molar-refractivity contribution in [2.75, 3.05) is 20.1 Å². The molecule has 0 aromatic heterocycles. The normalized spacial score (nSPS) is 19.6. The van der Waals surface area contributed by atoms with Gasteiger partial charge in [0.25, 0.3) is 0 Å². The summed E-state index contributed by atoms with van der Waals surface area (Å²) in [6.45, 7) is 12.2. The summed E-state index contributed by atoms with van der Waals surface area (Å²) < 4.78 is 10.8. The minimum absolute atomic E-state index is 0.0453. The highest BCUT2D eigenvalue weighted by Crippen LogP contribution is 2.20. The molecule has 6 heteroatoms. The molecule has 1 aliphatic rings. The number of carbonyl (C=O) groups is 2. The number of hydrogen-bond acceptors (Lipinski definition) is 4. The number of rotatable bonds is 1. The molecule has 0 saturated carbocycles. The van der Waals surface area contributed by atoms with Gasteiger partial charge in [-0.15, -0.1) is 0 Å². The fourth-order valence-corrected chi connectivity index (χ4v) is 2.25. The van der Waals surface area contributed by atoms with Gasteiger partial charge in [0.2, 0.25) is 0 Å². The number of hydrogen-bond donors (Lipinski definition) is 0. The summed E-state index contributed by atoms with van der Waals surface area (Å²) in [7, 11) is 1.72. The van der Waals surface area contributed by atoms with Crippen LogP contribution in [-0.4, -0.2) is 59.4 Å². The van der Waals surface area contributed by atoms with Crippen LogP contribution in [0.25, 0.3) is 0 Å². The van der Waals surface area contributed by atoms with Crippen molar-refractivity contribution in [3.05, 3.63) is 0 Å². The topological polar surface area (TPSA) is 59.1 Å². The van der Waals surface area contributed by atoms with Gasteiger partial charge < -0.3 is 19.3 Å². The number of likely N-dealkylation sites (tertiary alicyclic amines) is 1. The van der Waals surface area contributed by atoms with Crippen LogP contribution in [-0.2, 0) is 9.47 Å². The summed E-state index contributed by atoms with van der Waals surface area (Å²) in [5.74, 6) is 0. The largest absolute Gasteiger partial charge is 0.444 e. The van der Waals surface area contributed by atoms with Crippen LogP contribution >= 0.6 is 0 Å². The molecule has 1 fully saturated rings. The van der Waals surface area contributed by atoms with E-state index >= 15 is 0 Å². The first-order valence-electron chi connectivity index (χ1n) is 7.83. The van der Waals surface area contributed by atoms with Gasteiger partial charge in [0.1, 0.15) is 11.2 Å². The minimum atomic E-state index is -0.523. The Kier molecular flexibility index (Phi) is 5.70. The summed E-state index contributed by atoms with van der Waals surface area (Å²) in [6.07, 6.45) is 1.02. The van der Waals surface area contributed by atoms with Crippen LogP contribution in [0.4, 0.5) is 9.59 Å². The Morgan fingerprint density at radius 3 is 2.09 bits per heavy atom. The second-order valence-electron chi connectivity index (χ2n) is 7.81. The lowest BCUT2D eigenvalue weighted by molar-refractivity contribution is -0.000508. The highest BCUT2D eigenvalue weighted by atomic mass is 16.6. The molecule has 1 saturated heterocycles. The van der Waals surface area contributed by atoms with Crippen molar-refractivity contribution in [1.82, 2.24) is 9.80 Å². The third-order valence-corrected chi connectivity index (χ3v) is 3.28. The molecule has 1 atom stereocenters. The van der Waals surface area contributed by atoms with Gasteiger partial charge in [-0.2, -0.15) is 0 Å². The first-order chi connectivity index (χ1) is 9.89. The van der Waals surface area contributed by atoms with Gasteiger partial charge in [0, 0.05) is 20.1 Å². The highest BCUT2D eigenvalue weighted by molar-refractivity contribution is 5.70. The van der Waals surface area contributed by atoms with Crippen molar-refractivity contribution in [2.45, 2.75) is 71.6 Å². The molecule has 128 valence electrons. The van der Waals surface area contributed by atoms with E-state index in [-0.39, 0.29) is 18.2 Å². The number of carbonyl (C=O) groups excluding carboxylic acids is 2. The molecule has 1 heterocycles. The predicted molar refractivity (Wildman–Crippen MR) is 84.8 cm³/mol. The summed E-state index contributed by atoms with van der Waals surface area (Å²) in [4.78, 5) is 27.5. The number of likely N-dealkylation sites (N-methyl/N-ethyl adjacent to an activating group) is 1. The van der Waals surface area contributed by atoms with E-state index in [0.29, 0.717) is 13.1 Å². The third-order valence-electron chi connectivity index (χ3n) is 3.28. The average Bonchev–Trinajstić information content (AvgIpc) is 2.34. The minimum Gasteiger partial charge on any atom is -0.444 e. The van der Waals surface area contributed by atoms with Gasteiger partial charge in [0.15, 0.2) is 0 Å². The zero-order valence-electron chi connectivity index (χ0n) is 14.9. The Morgan fingerprint density at radius 1 is 1.05 bits per heavy atom. The molecule has 0 spiro atoms. The standard InChI is InChI=1S/C16H30N2O4/c1-15(2,3)21-13(19)17(7)12-9-8-10-18(11-12)14(20)22-16(4,5)6/h12H,8-11H2,1-7H3/t12-/m1/s1. The number of nitrogens with zero attached hydrogens (tertiary/aromatic N) is 2. The van der Waals surface area contributed by atoms with E-state index < -0.39 is 11.2 Å². The molecule has 0 N–H and O–H groups in total. The first kappa shape index (κ1) is 18.6. The van der Waals surface area contributed by atoms with Crippen molar-refractivity contribution in [3.8, 4) is 0 Å². The van der Waals surface area contributed by atoms with Crippen LogP contribution < -0.4 is 0 Å². The molecule has 2 amide bonds. The summed E-state index contributed by atoms with van der Waals surface area (Å²) in [6, 6.07) is -0.0453. The van der Waals surface area contributed by atoms with Gasteiger partial charge >= 0.3 is 12.2 Å². The molecule has 0 bridgehead atoms. The van der Waals surface area contributed by atoms with Crippen LogP contribution in [0.1, 0.15) is 54.4 Å². The van der Waals surface area contributed by atoms with Gasteiger partial charge in [-0.25, -0.2) is 9.59 Å². The monoisotopic (exact) mass is 314 g/mol. The van der Waals surface area contributed by atoms with Crippen LogP contribution in [0, 0.1) is 0 Å². The van der Waals surface area contributed by atoms with E-state index in [1.165, 1.54) is 0 Å². The van der Waals surface area contributed by atoms with Crippen LogP contribution in [0.5, 0.6) is 0 Å². The van der Waals surface area contributed by atoms with Crippen molar-refractivity contribution in [1.29, 1.82) is 0 Å². The zero-order chi connectivity index (χ0) is 17.1. The van der Waals surface area contributed by atoms with E-state index in [1.807, 2.05) is 41.5 Å². The maximum atomic E-state index is 12.1. The molecule has 1 rings (SSSR count). The van der Waals surface area contributed by atoms with Crippen molar-refractivity contribution in [3.63, 3.8) is 0 Å². The van der Waals surface area contributed by atoms with E-state index in [0.717, 1.165) is 12.8 Å². The summed E-state index contributed by atoms with van der Waals surface area (Å²) >= 11 is 0. The Bertz CT molecular complexity index is 383. The van der Waals surface area contributed by atoms with Crippen molar-refractivity contribution < 1.29 is 19.1 Å². The van der Waals surface area contributed by atoms with E-state index in [4.69, 9.17) is 9.47 Å². The van der Waals surface area contributed by atoms with Gasteiger partial charge in [-0.1, -0.05) is 0 Å². The average molecular weight is 314 g/mol. The van der Waals surface area contributed by atoms with Gasteiger partial charge in [-0.3, -0.25) is 0 Å². The lowest BCUT2D eigenvalue weighted by Crippen LogP contribution is -2.52. The molecule has 22 heavy (non-hydrogen) atoms. The molecule has 6 nitrogen and oxygen atoms in total. The quantitative estimate of drug-likeness (QED) is 0.745. The van der Waals surface area contributed by atoms with Crippen LogP contribution in [0.15, 0.2) is 0 Å². The predicted octanol–water partition coefficient (Wildman–Crippen LogP) is 3.25. The molecule has 0 unspecified atom stereocenters. The van der Waals surface area contributed by atoms with Crippen molar-refractivity contribution >= 4 is 12.2 Å². The number of piperidine rings is 1. The van der Waals surface area contributed by atoms with E-state index in [9.17, 15) is 9.59 Å². The maximum absolute atomic E-state index is 12.1. The fourth-order valence-electron chi connectivity index (χ4n) is 2.25. The fraction of sp³-hybridized carbons (Fsp3) is 0.875. The third kappa shape index (κ3) is 6.12. The second kappa shape index (κ2) is 6.75. The summed E-state index contributed by atoms with van der Waals surface area (Å²) in [5.41, 5.74) is -1.04. The zero-order valence-corrected chi connectivity index (χ0v) is 14.9. The highest BCUT2D eigenvalue weighted by Gasteiger charge is 2.32. The van der Waals surface area contributed by atoms with Crippen LogP contribution in [0.2, 0.25) is 0 Å². The van der Waals surface area contributed by atoms with Crippen LogP contribution in [0.3, 0.4) is 0 Å². The lowest BCUT2D eigenvalue weighted by Gasteiger charge is -2.38. The van der Waals surface area contributed by atoms with Crippen molar-refractivity contribution in [2.24, 2.45) is 0 Å². The Balaban J connectivity index is 2.62. The summed E-state index contributed by atoms with van der Waals surface area (Å²) in [5, 5.41) is 0. The molecular weight excluding hydrogens is 284 g/mol. The molecule has 1 aliphatic heterocycles. The van der Waals surface area contributed by atoms with E-state index in [2.05, 4.69) is 0 Å².